The average molecular weight is 413 g/mol. The largest absolute Gasteiger partial charge is 0.336 e. The summed E-state index contributed by atoms with van der Waals surface area (Å²) < 4.78 is 25.5. The lowest BCUT2D eigenvalue weighted by atomic mass is 10.1. The van der Waals surface area contributed by atoms with Gasteiger partial charge in [-0.3, -0.25) is 9.48 Å². The van der Waals surface area contributed by atoms with Gasteiger partial charge in [0.05, 0.1) is 28.8 Å². The molecule has 4 rings (SSSR count). The van der Waals surface area contributed by atoms with Gasteiger partial charge in [-0.25, -0.2) is 13.4 Å². The molecule has 3 heterocycles. The molecular weight excluding hydrogens is 388 g/mol. The van der Waals surface area contributed by atoms with Gasteiger partial charge in [0, 0.05) is 30.2 Å². The lowest BCUT2D eigenvalue weighted by Gasteiger charge is -2.18. The van der Waals surface area contributed by atoms with Gasteiger partial charge >= 0.3 is 0 Å². The number of carbonyl (C=O) groups excluding carboxylic acids is 1. The summed E-state index contributed by atoms with van der Waals surface area (Å²) >= 11 is 0. The highest BCUT2D eigenvalue weighted by atomic mass is 32.2. The molecule has 0 aliphatic carbocycles. The van der Waals surface area contributed by atoms with Gasteiger partial charge in [0.25, 0.3) is 5.91 Å². The highest BCUT2D eigenvalue weighted by molar-refractivity contribution is 7.91. The van der Waals surface area contributed by atoms with Crippen LogP contribution >= 0.6 is 0 Å². The zero-order valence-electron chi connectivity index (χ0n) is 16.8. The standard InChI is InChI=1S/C21H24N4O3S/c1-14-18(15(2)25(23-14)17-10-11-29(27,28)13-17)12-24(3)21(26)20-9-8-16-6-4-5-7-19(16)22-20/h4-9,17H,10-13H2,1-3H3. The van der Waals surface area contributed by atoms with Gasteiger partial charge in [0.1, 0.15) is 5.69 Å². The summed E-state index contributed by atoms with van der Waals surface area (Å²) in [6, 6.07) is 11.2. The number of carbonyl (C=O) groups is 1. The first-order chi connectivity index (χ1) is 13.7. The fourth-order valence-corrected chi connectivity index (χ4v) is 5.63. The Labute approximate surface area is 170 Å². The molecule has 1 unspecified atom stereocenters. The van der Waals surface area contributed by atoms with Crippen LogP contribution in [0.1, 0.15) is 39.9 Å². The van der Waals surface area contributed by atoms with Crippen LogP contribution in [-0.2, 0) is 16.4 Å². The summed E-state index contributed by atoms with van der Waals surface area (Å²) in [6.07, 6.45) is 0.583. The van der Waals surface area contributed by atoms with Crippen molar-refractivity contribution in [3.63, 3.8) is 0 Å². The number of amides is 1. The van der Waals surface area contributed by atoms with Gasteiger partial charge in [-0.1, -0.05) is 24.3 Å². The van der Waals surface area contributed by atoms with Gasteiger partial charge < -0.3 is 4.90 Å². The van der Waals surface area contributed by atoms with Gasteiger partial charge in [0.2, 0.25) is 0 Å². The van der Waals surface area contributed by atoms with E-state index in [-0.39, 0.29) is 23.5 Å². The van der Waals surface area contributed by atoms with E-state index in [1.165, 1.54) is 0 Å². The van der Waals surface area contributed by atoms with E-state index in [0.717, 1.165) is 27.9 Å². The Morgan fingerprint density at radius 3 is 2.69 bits per heavy atom. The number of sulfone groups is 1. The Morgan fingerprint density at radius 1 is 1.21 bits per heavy atom. The van der Waals surface area contributed by atoms with Crippen LogP contribution in [0, 0.1) is 13.8 Å². The Morgan fingerprint density at radius 2 is 1.97 bits per heavy atom. The first-order valence-electron chi connectivity index (χ1n) is 9.61. The molecule has 1 atom stereocenters. The SMILES string of the molecule is Cc1nn(C2CCS(=O)(=O)C2)c(C)c1CN(C)C(=O)c1ccc2ccccc2n1. The number of hydrogen-bond acceptors (Lipinski definition) is 5. The molecule has 2 aromatic heterocycles. The molecule has 1 fully saturated rings. The van der Waals surface area contributed by atoms with Crippen LogP contribution in [-0.4, -0.2) is 52.5 Å². The molecule has 29 heavy (non-hydrogen) atoms. The molecule has 0 saturated carbocycles. The second kappa shape index (κ2) is 7.26. The number of hydrogen-bond donors (Lipinski definition) is 0. The van der Waals surface area contributed by atoms with Crippen molar-refractivity contribution in [1.82, 2.24) is 19.7 Å². The van der Waals surface area contributed by atoms with Crippen LogP contribution in [0.15, 0.2) is 36.4 Å². The van der Waals surface area contributed by atoms with E-state index in [4.69, 9.17) is 0 Å². The van der Waals surface area contributed by atoms with Crippen molar-refractivity contribution in [2.24, 2.45) is 0 Å². The number of pyridine rings is 1. The van der Waals surface area contributed by atoms with Crippen LogP contribution in [0.4, 0.5) is 0 Å². The highest BCUT2D eigenvalue weighted by Crippen LogP contribution is 2.27. The molecule has 0 N–H and O–H groups in total. The van der Waals surface area contributed by atoms with Crippen LogP contribution in [0.5, 0.6) is 0 Å². The Kier molecular flexibility index (Phi) is 4.90. The summed E-state index contributed by atoms with van der Waals surface area (Å²) in [7, 11) is -1.24. The molecule has 7 nitrogen and oxygen atoms in total. The minimum atomic E-state index is -2.99. The Bertz CT molecular complexity index is 1200. The third kappa shape index (κ3) is 3.76. The molecule has 3 aromatic rings. The number of fused-ring (bicyclic) bond motifs is 1. The first kappa shape index (κ1) is 19.6. The first-order valence-corrected chi connectivity index (χ1v) is 11.4. The van der Waals surface area contributed by atoms with Crippen molar-refractivity contribution in [3.05, 3.63) is 59.0 Å². The lowest BCUT2D eigenvalue weighted by molar-refractivity contribution is 0.0779. The lowest BCUT2D eigenvalue weighted by Crippen LogP contribution is -2.27. The fraction of sp³-hybridized carbons (Fsp3) is 0.381. The molecule has 1 aliphatic rings. The van der Waals surface area contributed by atoms with Crippen molar-refractivity contribution >= 4 is 26.6 Å². The van der Waals surface area contributed by atoms with Crippen molar-refractivity contribution in [3.8, 4) is 0 Å². The highest BCUT2D eigenvalue weighted by Gasteiger charge is 2.31. The topological polar surface area (TPSA) is 85.2 Å². The van der Waals surface area contributed by atoms with Gasteiger partial charge in [0.15, 0.2) is 9.84 Å². The molecule has 1 aromatic carbocycles. The van der Waals surface area contributed by atoms with Gasteiger partial charge in [-0.2, -0.15) is 5.10 Å². The van der Waals surface area contributed by atoms with Crippen molar-refractivity contribution in [2.45, 2.75) is 32.9 Å². The van der Waals surface area contributed by atoms with E-state index in [1.807, 2.05) is 48.9 Å². The summed E-state index contributed by atoms with van der Waals surface area (Å²) in [5.41, 5.74) is 3.87. The predicted octanol–water partition coefficient (Wildman–Crippen LogP) is 2.68. The second-order valence-electron chi connectivity index (χ2n) is 7.70. The van der Waals surface area contributed by atoms with E-state index in [2.05, 4.69) is 10.1 Å². The Balaban J connectivity index is 1.56. The summed E-state index contributed by atoms with van der Waals surface area (Å²) in [5, 5.41) is 5.57. The van der Waals surface area contributed by atoms with Crippen molar-refractivity contribution in [2.75, 3.05) is 18.6 Å². The van der Waals surface area contributed by atoms with E-state index < -0.39 is 9.84 Å². The van der Waals surface area contributed by atoms with Crippen LogP contribution < -0.4 is 0 Å². The number of aryl methyl sites for hydroxylation is 1. The normalized spacial score (nSPS) is 18.2. The van der Waals surface area contributed by atoms with Crippen LogP contribution in [0.25, 0.3) is 10.9 Å². The molecule has 0 bridgehead atoms. The maximum atomic E-state index is 12.9. The van der Waals surface area contributed by atoms with Crippen molar-refractivity contribution in [1.29, 1.82) is 0 Å². The molecule has 1 amide bonds. The minimum Gasteiger partial charge on any atom is -0.336 e. The monoisotopic (exact) mass is 412 g/mol. The number of para-hydroxylation sites is 1. The minimum absolute atomic E-state index is 0.129. The van der Waals surface area contributed by atoms with Crippen LogP contribution in [0.2, 0.25) is 0 Å². The number of rotatable bonds is 4. The van der Waals surface area contributed by atoms with Crippen LogP contribution in [0.3, 0.4) is 0 Å². The van der Waals surface area contributed by atoms with E-state index in [1.54, 1.807) is 18.0 Å². The maximum Gasteiger partial charge on any atom is 0.272 e. The zero-order chi connectivity index (χ0) is 20.8. The third-order valence-electron chi connectivity index (χ3n) is 5.59. The number of benzene rings is 1. The van der Waals surface area contributed by atoms with Gasteiger partial charge in [-0.05, 0) is 32.4 Å². The summed E-state index contributed by atoms with van der Waals surface area (Å²) in [5.74, 6) is 0.174. The second-order valence-corrected chi connectivity index (χ2v) is 9.93. The zero-order valence-corrected chi connectivity index (χ0v) is 17.6. The van der Waals surface area contributed by atoms with Crippen molar-refractivity contribution < 1.29 is 13.2 Å². The maximum absolute atomic E-state index is 12.9. The number of aromatic nitrogens is 3. The Hall–Kier alpha value is -2.74. The smallest absolute Gasteiger partial charge is 0.272 e. The predicted molar refractivity (Wildman–Crippen MR) is 112 cm³/mol. The molecule has 1 saturated heterocycles. The molecule has 0 radical (unpaired) electrons. The summed E-state index contributed by atoms with van der Waals surface area (Å²) in [4.78, 5) is 19.0. The quantitative estimate of drug-likeness (QED) is 0.658. The third-order valence-corrected chi connectivity index (χ3v) is 7.34. The molecular formula is C21H24N4O3S. The molecule has 1 aliphatic heterocycles. The van der Waals surface area contributed by atoms with E-state index >= 15 is 0 Å². The molecule has 0 spiro atoms. The van der Waals surface area contributed by atoms with Gasteiger partial charge in [-0.15, -0.1) is 0 Å². The summed E-state index contributed by atoms with van der Waals surface area (Å²) in [6.45, 7) is 4.23. The molecule has 8 heteroatoms. The average Bonchev–Trinajstić information content (AvgIpc) is 3.20. The van der Waals surface area contributed by atoms with E-state index in [9.17, 15) is 13.2 Å². The fourth-order valence-electron chi connectivity index (χ4n) is 3.94. The van der Waals surface area contributed by atoms with E-state index in [0.29, 0.717) is 18.7 Å². The molecule has 152 valence electrons. The number of nitrogens with zero attached hydrogens (tertiary/aromatic N) is 4.